The van der Waals surface area contributed by atoms with Gasteiger partial charge in [-0.05, 0) is 49.7 Å². The molecule has 1 aromatic heterocycles. The standard InChI is InChI=1S/C27H38F3N3O4/c1-16(2)8-20-12-26(11-19(10-24(26)37-20)32-22-5-7-36-15-23(22)35-3)25(34)33-6-4-21-17(14-33)9-18(13-31-21)27(28,29)30/h9,13,16,19-20,22-24,32H,4-8,10-12,14-15H2,1-3H3/t19-,20?,22?,23?,24-,26+/m1/s1. The van der Waals surface area contributed by atoms with Crippen molar-refractivity contribution in [2.75, 3.05) is 26.9 Å². The number of alkyl halides is 3. The molecular weight excluding hydrogens is 487 g/mol. The van der Waals surface area contributed by atoms with Gasteiger partial charge in [-0.15, -0.1) is 0 Å². The summed E-state index contributed by atoms with van der Waals surface area (Å²) in [7, 11) is 1.69. The fourth-order valence-corrected chi connectivity index (χ4v) is 6.84. The lowest BCUT2D eigenvalue weighted by Gasteiger charge is -2.37. The van der Waals surface area contributed by atoms with Gasteiger partial charge >= 0.3 is 6.18 Å². The van der Waals surface area contributed by atoms with Crippen molar-refractivity contribution >= 4 is 5.91 Å². The monoisotopic (exact) mass is 525 g/mol. The summed E-state index contributed by atoms with van der Waals surface area (Å²) in [6.45, 7) is 6.13. The average Bonchev–Trinajstić information content (AvgIpc) is 3.36. The van der Waals surface area contributed by atoms with Crippen LogP contribution in [0.1, 0.15) is 62.8 Å². The molecule has 0 radical (unpaired) electrons. The predicted molar refractivity (Wildman–Crippen MR) is 130 cm³/mol. The lowest BCUT2D eigenvalue weighted by atomic mass is 9.78. The number of methoxy groups -OCH3 is 1. The number of nitrogens with zero attached hydrogens (tertiary/aromatic N) is 2. The fourth-order valence-electron chi connectivity index (χ4n) is 6.84. The normalized spacial score (nSPS) is 34.0. The number of aromatic nitrogens is 1. The van der Waals surface area contributed by atoms with E-state index in [1.807, 2.05) is 0 Å². The van der Waals surface area contributed by atoms with E-state index in [9.17, 15) is 18.0 Å². The molecule has 0 bridgehead atoms. The van der Waals surface area contributed by atoms with Crippen molar-refractivity contribution in [3.05, 3.63) is 29.1 Å². The van der Waals surface area contributed by atoms with Crippen LogP contribution in [0.4, 0.5) is 13.2 Å². The number of ether oxygens (including phenoxy) is 3. The minimum atomic E-state index is -4.46. The Morgan fingerprint density at radius 3 is 2.89 bits per heavy atom. The Kier molecular flexibility index (Phi) is 7.57. The molecule has 0 spiro atoms. The molecular formula is C27H38F3N3O4. The second kappa shape index (κ2) is 10.4. The van der Waals surface area contributed by atoms with Crippen LogP contribution in [0.25, 0.3) is 0 Å². The van der Waals surface area contributed by atoms with E-state index in [0.29, 0.717) is 56.2 Å². The molecule has 1 aliphatic carbocycles. The Hall–Kier alpha value is -1.75. The van der Waals surface area contributed by atoms with Gasteiger partial charge in [-0.2, -0.15) is 13.2 Å². The third-order valence-corrected chi connectivity index (χ3v) is 8.55. The summed E-state index contributed by atoms with van der Waals surface area (Å²) in [5, 5.41) is 3.73. The van der Waals surface area contributed by atoms with E-state index < -0.39 is 17.2 Å². The molecule has 1 saturated carbocycles. The van der Waals surface area contributed by atoms with Crippen LogP contribution in [0.3, 0.4) is 0 Å². The molecule has 1 N–H and O–H groups in total. The van der Waals surface area contributed by atoms with Crippen LogP contribution in [0.2, 0.25) is 0 Å². The van der Waals surface area contributed by atoms with E-state index in [1.54, 1.807) is 12.0 Å². The summed E-state index contributed by atoms with van der Waals surface area (Å²) in [6.07, 6.45) is 0.424. The molecule has 5 rings (SSSR count). The maximum absolute atomic E-state index is 14.2. The van der Waals surface area contributed by atoms with E-state index in [1.165, 1.54) is 0 Å². The molecule has 1 aromatic rings. The summed E-state index contributed by atoms with van der Waals surface area (Å²) in [4.78, 5) is 20.0. The van der Waals surface area contributed by atoms with Gasteiger partial charge < -0.3 is 24.4 Å². The van der Waals surface area contributed by atoms with E-state index in [-0.39, 0.29) is 42.8 Å². The first-order chi connectivity index (χ1) is 17.6. The third-order valence-electron chi connectivity index (χ3n) is 8.55. The largest absolute Gasteiger partial charge is 0.417 e. The first-order valence-corrected chi connectivity index (χ1v) is 13.5. The lowest BCUT2D eigenvalue weighted by Crippen LogP contribution is -2.51. The highest BCUT2D eigenvalue weighted by Crippen LogP contribution is 2.52. The van der Waals surface area contributed by atoms with Gasteiger partial charge in [-0.1, -0.05) is 13.8 Å². The molecule has 37 heavy (non-hydrogen) atoms. The van der Waals surface area contributed by atoms with Crippen LogP contribution in [-0.4, -0.2) is 73.1 Å². The van der Waals surface area contributed by atoms with Crippen molar-refractivity contribution in [2.45, 2.75) is 95.5 Å². The molecule has 206 valence electrons. The first kappa shape index (κ1) is 26.8. The molecule has 2 saturated heterocycles. The van der Waals surface area contributed by atoms with Crippen molar-refractivity contribution in [3.63, 3.8) is 0 Å². The number of nitrogens with one attached hydrogen (secondary N) is 1. The Bertz CT molecular complexity index is 990. The molecule has 1 amide bonds. The van der Waals surface area contributed by atoms with Crippen molar-refractivity contribution in [2.24, 2.45) is 11.3 Å². The smallest absolute Gasteiger partial charge is 0.379 e. The zero-order chi connectivity index (χ0) is 26.4. The van der Waals surface area contributed by atoms with Gasteiger partial charge in [0.2, 0.25) is 5.91 Å². The number of halogens is 3. The number of amides is 1. The predicted octanol–water partition coefficient (Wildman–Crippen LogP) is 3.73. The minimum Gasteiger partial charge on any atom is -0.379 e. The van der Waals surface area contributed by atoms with Crippen LogP contribution in [-0.2, 0) is 38.1 Å². The third kappa shape index (κ3) is 5.40. The van der Waals surface area contributed by atoms with Gasteiger partial charge in [0, 0.05) is 57.2 Å². The lowest BCUT2D eigenvalue weighted by molar-refractivity contribution is -0.145. The Balaban J connectivity index is 1.35. The van der Waals surface area contributed by atoms with Gasteiger partial charge in [-0.3, -0.25) is 9.78 Å². The maximum Gasteiger partial charge on any atom is 0.417 e. The van der Waals surface area contributed by atoms with Crippen molar-refractivity contribution in [3.8, 4) is 0 Å². The Morgan fingerprint density at radius 2 is 2.16 bits per heavy atom. The second-order valence-electron chi connectivity index (χ2n) is 11.6. The Morgan fingerprint density at radius 1 is 1.35 bits per heavy atom. The van der Waals surface area contributed by atoms with Crippen molar-refractivity contribution in [1.29, 1.82) is 0 Å². The summed E-state index contributed by atoms with van der Waals surface area (Å²) < 4.78 is 57.6. The van der Waals surface area contributed by atoms with Gasteiger partial charge in [0.15, 0.2) is 0 Å². The summed E-state index contributed by atoms with van der Waals surface area (Å²) in [5.74, 6) is 0.453. The van der Waals surface area contributed by atoms with Crippen molar-refractivity contribution < 1.29 is 32.2 Å². The maximum atomic E-state index is 14.2. The highest BCUT2D eigenvalue weighted by Gasteiger charge is 2.60. The number of hydrogen-bond donors (Lipinski definition) is 1. The highest BCUT2D eigenvalue weighted by molar-refractivity contribution is 5.84. The van der Waals surface area contributed by atoms with Crippen LogP contribution in [0, 0.1) is 11.3 Å². The molecule has 10 heteroatoms. The van der Waals surface area contributed by atoms with Gasteiger partial charge in [-0.25, -0.2) is 0 Å². The number of fused-ring (bicyclic) bond motifs is 2. The van der Waals surface area contributed by atoms with E-state index >= 15 is 0 Å². The molecule has 4 aliphatic rings. The van der Waals surface area contributed by atoms with Crippen LogP contribution in [0.15, 0.2) is 12.3 Å². The molecule has 3 fully saturated rings. The summed E-state index contributed by atoms with van der Waals surface area (Å²) in [6, 6.07) is 1.40. The SMILES string of the molecule is COC1COCCC1N[C@@H]1C[C@H]2OC(CC(C)C)C[C@@]2(C(=O)N2CCc3ncc(C(F)(F)F)cc3C2)C1. The molecule has 0 aromatic carbocycles. The van der Waals surface area contributed by atoms with Gasteiger partial charge in [0.05, 0.1) is 35.9 Å². The minimum absolute atomic E-state index is 0.00591. The number of pyridine rings is 1. The second-order valence-corrected chi connectivity index (χ2v) is 11.6. The summed E-state index contributed by atoms with van der Waals surface area (Å²) >= 11 is 0. The average molecular weight is 526 g/mol. The highest BCUT2D eigenvalue weighted by atomic mass is 19.4. The summed E-state index contributed by atoms with van der Waals surface area (Å²) in [5.41, 5.74) is -0.315. The zero-order valence-corrected chi connectivity index (χ0v) is 21.9. The number of carbonyl (C=O) groups excluding carboxylic acids is 1. The molecule has 4 heterocycles. The first-order valence-electron chi connectivity index (χ1n) is 13.5. The quantitative estimate of drug-likeness (QED) is 0.610. The van der Waals surface area contributed by atoms with Crippen LogP contribution < -0.4 is 5.32 Å². The zero-order valence-electron chi connectivity index (χ0n) is 21.9. The molecule has 6 atom stereocenters. The van der Waals surface area contributed by atoms with Gasteiger partial charge in [0.25, 0.3) is 0 Å². The topological polar surface area (TPSA) is 72.9 Å². The van der Waals surface area contributed by atoms with Crippen molar-refractivity contribution in [1.82, 2.24) is 15.2 Å². The van der Waals surface area contributed by atoms with Crippen LogP contribution >= 0.6 is 0 Å². The van der Waals surface area contributed by atoms with E-state index in [4.69, 9.17) is 14.2 Å². The number of rotatable bonds is 6. The van der Waals surface area contributed by atoms with E-state index in [0.717, 1.165) is 31.5 Å². The fraction of sp³-hybridized carbons (Fsp3) is 0.778. The van der Waals surface area contributed by atoms with E-state index in [2.05, 4.69) is 24.1 Å². The molecule has 3 aliphatic heterocycles. The number of hydrogen-bond acceptors (Lipinski definition) is 6. The number of carbonyl (C=O) groups is 1. The molecule has 3 unspecified atom stereocenters. The Labute approximate surface area is 216 Å². The van der Waals surface area contributed by atoms with Gasteiger partial charge in [0.1, 0.15) is 0 Å². The molecule has 7 nitrogen and oxygen atoms in total. The van der Waals surface area contributed by atoms with Crippen LogP contribution in [0.5, 0.6) is 0 Å².